The van der Waals surface area contributed by atoms with E-state index < -0.39 is 5.60 Å². The first-order chi connectivity index (χ1) is 8.83. The van der Waals surface area contributed by atoms with Crippen LogP contribution in [-0.4, -0.2) is 40.7 Å². The fourth-order valence-electron chi connectivity index (χ4n) is 1.74. The second-order valence-electron chi connectivity index (χ2n) is 5.60. The fourth-order valence-corrected chi connectivity index (χ4v) is 1.85. The topological polar surface area (TPSA) is 54.5 Å². The second kappa shape index (κ2) is 5.25. The number of ether oxygens (including phenoxy) is 1. The van der Waals surface area contributed by atoms with E-state index in [0.29, 0.717) is 18.2 Å². The van der Waals surface area contributed by atoms with Gasteiger partial charge in [0.2, 0.25) is 0 Å². The van der Waals surface area contributed by atoms with Crippen molar-refractivity contribution in [1.82, 2.24) is 9.88 Å². The average molecular weight is 284 g/mol. The molecular formula is C13H18ClN3O2. The molecule has 2 heterocycles. The average Bonchev–Trinajstić information content (AvgIpc) is 2.22. The molecular weight excluding hydrogens is 266 g/mol. The van der Waals surface area contributed by atoms with Crippen LogP contribution in [0.5, 0.6) is 0 Å². The number of amides is 1. The van der Waals surface area contributed by atoms with Crippen molar-refractivity contribution in [2.45, 2.75) is 32.4 Å². The normalized spacial score (nSPS) is 15.9. The molecule has 0 aromatic carbocycles. The lowest BCUT2D eigenvalue weighted by Gasteiger charge is -2.40. The smallest absolute Gasteiger partial charge is 0.410 e. The molecule has 1 saturated heterocycles. The third kappa shape index (κ3) is 3.99. The van der Waals surface area contributed by atoms with Gasteiger partial charge in [-0.25, -0.2) is 9.78 Å². The van der Waals surface area contributed by atoms with Gasteiger partial charge in [-0.05, 0) is 32.9 Å². The minimum Gasteiger partial charge on any atom is -0.444 e. The highest BCUT2D eigenvalue weighted by Gasteiger charge is 2.33. The Morgan fingerprint density at radius 3 is 2.68 bits per heavy atom. The minimum absolute atomic E-state index is 0.232. The van der Waals surface area contributed by atoms with Gasteiger partial charge in [0.05, 0.1) is 17.9 Å². The number of pyridine rings is 1. The molecule has 19 heavy (non-hydrogen) atoms. The van der Waals surface area contributed by atoms with Gasteiger partial charge in [-0.15, -0.1) is 0 Å². The summed E-state index contributed by atoms with van der Waals surface area (Å²) in [6.45, 7) is 6.86. The van der Waals surface area contributed by atoms with Crippen LogP contribution in [0.1, 0.15) is 20.8 Å². The second-order valence-corrected chi connectivity index (χ2v) is 5.98. The maximum atomic E-state index is 11.7. The fraction of sp³-hybridized carbons (Fsp3) is 0.538. The minimum atomic E-state index is -0.449. The molecule has 0 aliphatic carbocycles. The Bertz CT molecular complexity index is 450. The maximum absolute atomic E-state index is 11.7. The number of aromatic nitrogens is 1. The predicted octanol–water partition coefficient (Wildman–Crippen LogP) is 2.77. The number of rotatable bonds is 2. The Morgan fingerprint density at radius 1 is 1.47 bits per heavy atom. The van der Waals surface area contributed by atoms with Gasteiger partial charge in [0.25, 0.3) is 0 Å². The summed E-state index contributed by atoms with van der Waals surface area (Å²) in [7, 11) is 0. The van der Waals surface area contributed by atoms with Gasteiger partial charge < -0.3 is 15.0 Å². The summed E-state index contributed by atoms with van der Waals surface area (Å²) in [6.07, 6.45) is 1.41. The van der Waals surface area contributed by atoms with Crippen LogP contribution < -0.4 is 5.32 Å². The van der Waals surface area contributed by atoms with Crippen LogP contribution in [0.3, 0.4) is 0 Å². The van der Waals surface area contributed by atoms with E-state index in [9.17, 15) is 4.79 Å². The maximum Gasteiger partial charge on any atom is 0.410 e. The highest BCUT2D eigenvalue weighted by atomic mass is 35.5. The van der Waals surface area contributed by atoms with Gasteiger partial charge in [0.1, 0.15) is 10.8 Å². The Labute approximate surface area is 117 Å². The largest absolute Gasteiger partial charge is 0.444 e. The number of carbonyl (C=O) groups is 1. The summed E-state index contributed by atoms with van der Waals surface area (Å²) in [5, 5.41) is 3.75. The van der Waals surface area contributed by atoms with Gasteiger partial charge in [0, 0.05) is 13.1 Å². The van der Waals surface area contributed by atoms with E-state index in [1.807, 2.05) is 26.8 Å². The van der Waals surface area contributed by atoms with Crippen molar-refractivity contribution in [3.63, 3.8) is 0 Å². The zero-order valence-corrected chi connectivity index (χ0v) is 12.1. The molecule has 1 aliphatic heterocycles. The first kappa shape index (κ1) is 13.9. The Balaban J connectivity index is 1.77. The molecule has 5 nitrogen and oxygen atoms in total. The van der Waals surface area contributed by atoms with Crippen molar-refractivity contribution < 1.29 is 9.53 Å². The van der Waals surface area contributed by atoms with Gasteiger partial charge in [0.15, 0.2) is 0 Å². The molecule has 104 valence electrons. The summed E-state index contributed by atoms with van der Waals surface area (Å²) in [5.74, 6) is 0. The van der Waals surface area contributed by atoms with Gasteiger partial charge >= 0.3 is 6.09 Å². The van der Waals surface area contributed by atoms with Crippen LogP contribution in [0.4, 0.5) is 10.5 Å². The number of carbonyl (C=O) groups excluding carboxylic acids is 1. The van der Waals surface area contributed by atoms with Crippen LogP contribution in [0.25, 0.3) is 0 Å². The number of hydrogen-bond donors (Lipinski definition) is 1. The molecule has 0 spiro atoms. The van der Waals surface area contributed by atoms with E-state index in [0.717, 1.165) is 5.69 Å². The standard InChI is InChI=1S/C13H18ClN3O2/c1-13(2,3)19-12(18)17-7-10(8-17)16-9-4-5-11(14)15-6-9/h4-6,10,16H,7-8H2,1-3H3. The molecule has 0 unspecified atom stereocenters. The van der Waals surface area contributed by atoms with Crippen LogP contribution in [0, 0.1) is 0 Å². The Kier molecular flexibility index (Phi) is 3.85. The highest BCUT2D eigenvalue weighted by molar-refractivity contribution is 6.29. The van der Waals surface area contributed by atoms with Crippen LogP contribution >= 0.6 is 11.6 Å². The number of nitrogens with zero attached hydrogens (tertiary/aromatic N) is 2. The van der Waals surface area contributed by atoms with Crippen molar-refractivity contribution in [2.75, 3.05) is 18.4 Å². The summed E-state index contributed by atoms with van der Waals surface area (Å²) >= 11 is 5.71. The number of anilines is 1. The molecule has 2 rings (SSSR count). The zero-order chi connectivity index (χ0) is 14.0. The van der Waals surface area contributed by atoms with E-state index in [1.54, 1.807) is 17.2 Å². The summed E-state index contributed by atoms with van der Waals surface area (Å²) < 4.78 is 5.29. The van der Waals surface area contributed by atoms with Crippen LogP contribution in [0.2, 0.25) is 5.15 Å². The van der Waals surface area contributed by atoms with Crippen molar-refractivity contribution >= 4 is 23.4 Å². The summed E-state index contributed by atoms with van der Waals surface area (Å²) in [6, 6.07) is 3.83. The van der Waals surface area contributed by atoms with Crippen LogP contribution in [0.15, 0.2) is 18.3 Å². The molecule has 1 fully saturated rings. The molecule has 1 aromatic heterocycles. The molecule has 0 saturated carbocycles. The monoisotopic (exact) mass is 283 g/mol. The van der Waals surface area contributed by atoms with Gasteiger partial charge in [-0.2, -0.15) is 0 Å². The number of likely N-dealkylation sites (tertiary alicyclic amines) is 1. The van der Waals surface area contributed by atoms with Gasteiger partial charge in [-0.3, -0.25) is 0 Å². The van der Waals surface area contributed by atoms with Crippen LogP contribution in [-0.2, 0) is 4.74 Å². The highest BCUT2D eigenvalue weighted by Crippen LogP contribution is 2.18. The first-order valence-corrected chi connectivity index (χ1v) is 6.57. The molecule has 0 atom stereocenters. The molecule has 0 radical (unpaired) electrons. The SMILES string of the molecule is CC(C)(C)OC(=O)N1CC(Nc2ccc(Cl)nc2)C1. The third-order valence-electron chi connectivity index (χ3n) is 2.63. The van der Waals surface area contributed by atoms with Crippen molar-refractivity contribution in [2.24, 2.45) is 0 Å². The number of halogens is 1. The van der Waals surface area contributed by atoms with Crippen molar-refractivity contribution in [3.8, 4) is 0 Å². The van der Waals surface area contributed by atoms with E-state index in [1.165, 1.54) is 0 Å². The quantitative estimate of drug-likeness (QED) is 0.848. The van der Waals surface area contributed by atoms with Crippen molar-refractivity contribution in [1.29, 1.82) is 0 Å². The molecule has 0 bridgehead atoms. The predicted molar refractivity (Wildman–Crippen MR) is 74.5 cm³/mol. The Morgan fingerprint density at radius 2 is 2.16 bits per heavy atom. The molecule has 1 aliphatic rings. The lowest BCUT2D eigenvalue weighted by molar-refractivity contribution is 0.0105. The van der Waals surface area contributed by atoms with E-state index in [-0.39, 0.29) is 12.1 Å². The molecule has 6 heteroatoms. The first-order valence-electron chi connectivity index (χ1n) is 6.19. The zero-order valence-electron chi connectivity index (χ0n) is 11.3. The lowest BCUT2D eigenvalue weighted by atomic mass is 10.1. The molecule has 1 amide bonds. The lowest BCUT2D eigenvalue weighted by Crippen LogP contribution is -2.57. The Hall–Kier alpha value is -1.49. The van der Waals surface area contributed by atoms with E-state index >= 15 is 0 Å². The summed E-state index contributed by atoms with van der Waals surface area (Å²) in [5.41, 5.74) is 0.452. The summed E-state index contributed by atoms with van der Waals surface area (Å²) in [4.78, 5) is 17.4. The van der Waals surface area contributed by atoms with Gasteiger partial charge in [-0.1, -0.05) is 11.6 Å². The number of nitrogens with one attached hydrogen (secondary N) is 1. The van der Waals surface area contributed by atoms with E-state index in [2.05, 4.69) is 10.3 Å². The molecule has 1 N–H and O–H groups in total. The van der Waals surface area contributed by atoms with Crippen molar-refractivity contribution in [3.05, 3.63) is 23.5 Å². The number of hydrogen-bond acceptors (Lipinski definition) is 4. The van der Waals surface area contributed by atoms with E-state index in [4.69, 9.17) is 16.3 Å². The third-order valence-corrected chi connectivity index (χ3v) is 2.85. The molecule has 1 aromatic rings.